The van der Waals surface area contributed by atoms with Crippen LogP contribution in [0.3, 0.4) is 0 Å². The van der Waals surface area contributed by atoms with Crippen LogP contribution in [0.4, 0.5) is 10.1 Å². The number of para-hydroxylation sites is 1. The molecule has 0 heterocycles. The SMILES string of the molecule is Cc1ccccc1N(CC(=O)N(Cc1ccc(F)cc1)[C@@H](C)C(=O)NC(C)(C)C)S(=O)(=O)c1ccc(Cl)cc1. The van der Waals surface area contributed by atoms with Crippen LogP contribution in [0.15, 0.2) is 77.7 Å². The lowest BCUT2D eigenvalue weighted by Crippen LogP contribution is -2.54. The molecule has 208 valence electrons. The quantitative estimate of drug-likeness (QED) is 0.376. The Hall–Kier alpha value is -3.43. The molecule has 0 fully saturated rings. The van der Waals surface area contributed by atoms with E-state index in [4.69, 9.17) is 11.6 Å². The molecule has 0 saturated carbocycles. The van der Waals surface area contributed by atoms with E-state index in [0.717, 1.165) is 4.31 Å². The van der Waals surface area contributed by atoms with Gasteiger partial charge in [-0.1, -0.05) is 41.9 Å². The van der Waals surface area contributed by atoms with Crippen LogP contribution < -0.4 is 9.62 Å². The summed E-state index contributed by atoms with van der Waals surface area (Å²) in [4.78, 5) is 28.3. The monoisotopic (exact) mass is 573 g/mol. The highest BCUT2D eigenvalue weighted by Crippen LogP contribution is 2.28. The molecule has 0 radical (unpaired) electrons. The highest BCUT2D eigenvalue weighted by Gasteiger charge is 2.33. The van der Waals surface area contributed by atoms with Crippen molar-refractivity contribution in [3.63, 3.8) is 0 Å². The minimum absolute atomic E-state index is 0.0273. The Labute approximate surface area is 234 Å². The van der Waals surface area contributed by atoms with Crippen molar-refractivity contribution in [1.29, 1.82) is 0 Å². The third kappa shape index (κ3) is 7.80. The second kappa shape index (κ2) is 12.2. The summed E-state index contributed by atoms with van der Waals surface area (Å²) >= 11 is 5.98. The molecule has 3 aromatic rings. The van der Waals surface area contributed by atoms with Crippen molar-refractivity contribution < 1.29 is 22.4 Å². The Kier molecular flexibility index (Phi) is 9.40. The van der Waals surface area contributed by atoms with E-state index >= 15 is 0 Å². The summed E-state index contributed by atoms with van der Waals surface area (Å²) in [7, 11) is -4.20. The molecule has 0 aliphatic carbocycles. The molecule has 0 unspecified atom stereocenters. The number of nitrogens with one attached hydrogen (secondary N) is 1. The Morgan fingerprint density at radius 2 is 1.56 bits per heavy atom. The van der Waals surface area contributed by atoms with Crippen molar-refractivity contribution in [1.82, 2.24) is 10.2 Å². The molecule has 39 heavy (non-hydrogen) atoms. The van der Waals surface area contributed by atoms with Crippen LogP contribution in [0.25, 0.3) is 0 Å². The van der Waals surface area contributed by atoms with Gasteiger partial charge in [-0.25, -0.2) is 12.8 Å². The smallest absolute Gasteiger partial charge is 0.264 e. The highest BCUT2D eigenvalue weighted by molar-refractivity contribution is 7.92. The number of halogens is 2. The third-order valence-electron chi connectivity index (χ3n) is 6.00. The summed E-state index contributed by atoms with van der Waals surface area (Å²) in [6.45, 7) is 8.20. The van der Waals surface area contributed by atoms with Crippen LogP contribution in [0, 0.1) is 12.7 Å². The van der Waals surface area contributed by atoms with Crippen LogP contribution in [0.2, 0.25) is 5.02 Å². The summed E-state index contributed by atoms with van der Waals surface area (Å²) in [6.07, 6.45) is 0. The number of sulfonamides is 1. The fourth-order valence-corrected chi connectivity index (χ4v) is 5.54. The van der Waals surface area contributed by atoms with Gasteiger partial charge in [0, 0.05) is 17.1 Å². The average molecular weight is 574 g/mol. The number of rotatable bonds is 9. The molecule has 0 saturated heterocycles. The van der Waals surface area contributed by atoms with Gasteiger partial charge in [0.25, 0.3) is 10.0 Å². The molecule has 0 spiro atoms. The lowest BCUT2D eigenvalue weighted by atomic mass is 10.1. The number of nitrogens with zero attached hydrogens (tertiary/aromatic N) is 2. The molecular weight excluding hydrogens is 541 g/mol. The zero-order valence-corrected chi connectivity index (χ0v) is 24.2. The normalized spacial score (nSPS) is 12.5. The van der Waals surface area contributed by atoms with E-state index in [0.29, 0.717) is 21.8 Å². The van der Waals surface area contributed by atoms with Gasteiger partial charge in [-0.3, -0.25) is 13.9 Å². The van der Waals surface area contributed by atoms with Gasteiger partial charge in [0.05, 0.1) is 10.6 Å². The lowest BCUT2D eigenvalue weighted by Gasteiger charge is -2.33. The Morgan fingerprint density at radius 1 is 0.974 bits per heavy atom. The maximum absolute atomic E-state index is 13.9. The summed E-state index contributed by atoms with van der Waals surface area (Å²) in [5, 5.41) is 3.24. The first-order valence-corrected chi connectivity index (χ1v) is 14.2. The molecule has 0 aromatic heterocycles. The number of carbonyl (C=O) groups is 2. The molecule has 2 amide bonds. The van der Waals surface area contributed by atoms with Crippen LogP contribution in [0.5, 0.6) is 0 Å². The first-order chi connectivity index (χ1) is 18.2. The van der Waals surface area contributed by atoms with Crippen molar-refractivity contribution in [2.75, 3.05) is 10.8 Å². The summed E-state index contributed by atoms with van der Waals surface area (Å²) < 4.78 is 42.3. The van der Waals surface area contributed by atoms with Gasteiger partial charge in [-0.15, -0.1) is 0 Å². The number of aryl methyl sites for hydroxylation is 1. The van der Waals surface area contributed by atoms with E-state index in [2.05, 4.69) is 5.32 Å². The maximum Gasteiger partial charge on any atom is 0.264 e. The van der Waals surface area contributed by atoms with E-state index in [9.17, 15) is 22.4 Å². The van der Waals surface area contributed by atoms with Crippen molar-refractivity contribution in [2.45, 2.75) is 57.6 Å². The fourth-order valence-electron chi connectivity index (χ4n) is 3.93. The van der Waals surface area contributed by atoms with Gasteiger partial charge in [0.15, 0.2) is 0 Å². The van der Waals surface area contributed by atoms with Crippen LogP contribution in [-0.2, 0) is 26.2 Å². The second-order valence-electron chi connectivity index (χ2n) is 10.3. The molecule has 3 aromatic carbocycles. The molecule has 7 nitrogen and oxygen atoms in total. The zero-order valence-electron chi connectivity index (χ0n) is 22.6. The molecule has 1 N–H and O–H groups in total. The topological polar surface area (TPSA) is 86.8 Å². The Balaban J connectivity index is 2.04. The Morgan fingerprint density at radius 3 is 2.13 bits per heavy atom. The van der Waals surface area contributed by atoms with E-state index in [-0.39, 0.29) is 11.4 Å². The fraction of sp³-hybridized carbons (Fsp3) is 0.310. The summed E-state index contributed by atoms with van der Waals surface area (Å²) in [5.74, 6) is -1.44. The van der Waals surface area contributed by atoms with Gasteiger partial charge in [0.2, 0.25) is 11.8 Å². The number of benzene rings is 3. The number of hydrogen-bond acceptors (Lipinski definition) is 4. The highest BCUT2D eigenvalue weighted by atomic mass is 35.5. The van der Waals surface area contributed by atoms with E-state index in [1.54, 1.807) is 38.1 Å². The first-order valence-electron chi connectivity index (χ1n) is 12.4. The summed E-state index contributed by atoms with van der Waals surface area (Å²) in [5.41, 5.74) is 1.00. The number of hydrogen-bond donors (Lipinski definition) is 1. The molecule has 10 heteroatoms. The van der Waals surface area contributed by atoms with Gasteiger partial charge < -0.3 is 10.2 Å². The first kappa shape index (κ1) is 30.1. The zero-order chi connectivity index (χ0) is 29.0. The number of amides is 2. The van der Waals surface area contributed by atoms with Gasteiger partial charge in [0.1, 0.15) is 18.4 Å². The minimum Gasteiger partial charge on any atom is -0.350 e. The standard InChI is InChI=1S/C29H33ClFN3O4S/c1-20-8-6-7-9-26(20)34(39(37,38)25-16-12-23(30)13-17-25)19-27(35)33(18-22-10-14-24(31)15-11-22)21(2)28(36)32-29(3,4)5/h6-17,21H,18-19H2,1-5H3,(H,32,36)/t21-/m0/s1. The van der Waals surface area contributed by atoms with Crippen LogP contribution >= 0.6 is 11.6 Å². The second-order valence-corrected chi connectivity index (χ2v) is 12.6. The molecule has 1 atom stereocenters. The average Bonchev–Trinajstić information content (AvgIpc) is 2.86. The largest absolute Gasteiger partial charge is 0.350 e. The van der Waals surface area contributed by atoms with Crippen LogP contribution in [0.1, 0.15) is 38.8 Å². The predicted octanol–water partition coefficient (Wildman–Crippen LogP) is 5.31. The number of anilines is 1. The third-order valence-corrected chi connectivity index (χ3v) is 8.02. The lowest BCUT2D eigenvalue weighted by molar-refractivity contribution is -0.140. The Bertz CT molecular complexity index is 1420. The molecular formula is C29H33ClFN3O4S. The van der Waals surface area contributed by atoms with Gasteiger partial charge in [-0.2, -0.15) is 0 Å². The van der Waals surface area contributed by atoms with E-state index in [1.165, 1.54) is 53.4 Å². The van der Waals surface area contributed by atoms with Crippen molar-refractivity contribution in [3.05, 3.63) is 94.8 Å². The number of carbonyl (C=O) groups excluding carboxylic acids is 2. The van der Waals surface area contributed by atoms with Gasteiger partial charge in [-0.05, 0) is 88.2 Å². The van der Waals surface area contributed by atoms with Crippen molar-refractivity contribution in [2.24, 2.45) is 0 Å². The predicted molar refractivity (Wildman–Crippen MR) is 151 cm³/mol. The van der Waals surface area contributed by atoms with Crippen LogP contribution in [-0.4, -0.2) is 43.3 Å². The summed E-state index contributed by atoms with van der Waals surface area (Å²) in [6, 6.07) is 17.1. The van der Waals surface area contributed by atoms with E-state index < -0.39 is 45.8 Å². The maximum atomic E-state index is 13.9. The van der Waals surface area contributed by atoms with Crippen molar-refractivity contribution >= 4 is 39.1 Å². The van der Waals surface area contributed by atoms with Gasteiger partial charge >= 0.3 is 0 Å². The van der Waals surface area contributed by atoms with Crippen molar-refractivity contribution in [3.8, 4) is 0 Å². The molecule has 0 aliphatic rings. The van der Waals surface area contributed by atoms with E-state index in [1.807, 2.05) is 20.8 Å². The molecule has 0 bridgehead atoms. The molecule has 0 aliphatic heterocycles. The minimum atomic E-state index is -4.20. The molecule has 3 rings (SSSR count).